The number of aryl methyl sites for hydroxylation is 3. The summed E-state index contributed by atoms with van der Waals surface area (Å²) < 4.78 is 41.5. The van der Waals surface area contributed by atoms with Crippen molar-refractivity contribution in [3.05, 3.63) is 57.9 Å². The van der Waals surface area contributed by atoms with E-state index in [-0.39, 0.29) is 10.8 Å². The van der Waals surface area contributed by atoms with Crippen LogP contribution in [0.5, 0.6) is 0 Å². The number of nitrogens with zero attached hydrogens (tertiary/aromatic N) is 6. The van der Waals surface area contributed by atoms with Crippen LogP contribution in [0.15, 0.2) is 29.4 Å². The average Bonchev–Trinajstić information content (AvgIpc) is 3.05. The summed E-state index contributed by atoms with van der Waals surface area (Å²) in [6.45, 7) is 5.19. The minimum atomic E-state index is -4.45. The highest BCUT2D eigenvalue weighted by molar-refractivity contribution is 6.32. The number of hydrogen-bond donors (Lipinski definition) is 0. The van der Waals surface area contributed by atoms with Crippen molar-refractivity contribution < 1.29 is 13.2 Å². The van der Waals surface area contributed by atoms with Crippen molar-refractivity contribution in [1.29, 1.82) is 0 Å². The van der Waals surface area contributed by atoms with Gasteiger partial charge in [-0.3, -0.25) is 0 Å². The van der Waals surface area contributed by atoms with Crippen LogP contribution in [0.25, 0.3) is 5.69 Å². The van der Waals surface area contributed by atoms with Crippen LogP contribution in [0.4, 0.5) is 13.2 Å². The lowest BCUT2D eigenvalue weighted by atomic mass is 10.2. The zero-order chi connectivity index (χ0) is 19.1. The van der Waals surface area contributed by atoms with Crippen molar-refractivity contribution in [3.8, 4) is 5.69 Å². The van der Waals surface area contributed by atoms with Crippen LogP contribution in [0.3, 0.4) is 0 Å². The Morgan fingerprint density at radius 2 is 1.77 bits per heavy atom. The second kappa shape index (κ2) is 6.56. The van der Waals surface area contributed by atoms with Gasteiger partial charge >= 0.3 is 6.18 Å². The van der Waals surface area contributed by atoms with Gasteiger partial charge in [-0.1, -0.05) is 17.7 Å². The Labute approximate surface area is 151 Å². The molecule has 0 aliphatic heterocycles. The summed E-state index contributed by atoms with van der Waals surface area (Å²) in [5, 5.41) is 16.5. The molecule has 26 heavy (non-hydrogen) atoms. The molecule has 3 rings (SSSR count). The summed E-state index contributed by atoms with van der Waals surface area (Å²) in [6.07, 6.45) is -2.96. The maximum atomic E-state index is 12.9. The van der Waals surface area contributed by atoms with Crippen LogP contribution in [0, 0.1) is 20.8 Å². The van der Waals surface area contributed by atoms with Crippen LogP contribution in [0.2, 0.25) is 5.15 Å². The van der Waals surface area contributed by atoms with Gasteiger partial charge in [-0.05, 0) is 39.0 Å². The molecule has 0 spiro atoms. The lowest BCUT2D eigenvalue weighted by Gasteiger charge is -2.09. The molecule has 10 heteroatoms. The second-order valence-electron chi connectivity index (χ2n) is 5.60. The fraction of sp³-hybridized carbons (Fsp3) is 0.250. The third-order valence-corrected chi connectivity index (χ3v) is 4.08. The molecule has 0 radical (unpaired) electrons. The molecule has 2 heterocycles. The molecule has 0 fully saturated rings. The largest absolute Gasteiger partial charge is 0.416 e. The second-order valence-corrected chi connectivity index (χ2v) is 5.96. The molecule has 0 N–H and O–H groups in total. The standard InChI is InChI=1S/C16H14ClF3N6/c1-9-14(8-21-25-10(2)22-23-11(25)3)15(17)26(24-9)13-6-4-5-12(7-13)16(18,19)20/h4-8H,1-3H3/b21-8-. The summed E-state index contributed by atoms with van der Waals surface area (Å²) in [5.74, 6) is 1.19. The quantitative estimate of drug-likeness (QED) is 0.644. The van der Waals surface area contributed by atoms with Gasteiger partial charge in [-0.25, -0.2) is 9.36 Å². The van der Waals surface area contributed by atoms with Gasteiger partial charge < -0.3 is 0 Å². The Balaban J connectivity index is 2.02. The molecule has 0 aliphatic rings. The lowest BCUT2D eigenvalue weighted by molar-refractivity contribution is -0.137. The van der Waals surface area contributed by atoms with E-state index < -0.39 is 11.7 Å². The third kappa shape index (κ3) is 3.34. The van der Waals surface area contributed by atoms with E-state index in [1.165, 1.54) is 27.7 Å². The normalized spacial score (nSPS) is 12.3. The van der Waals surface area contributed by atoms with Crippen LogP contribution < -0.4 is 0 Å². The Hall–Kier alpha value is -2.68. The minimum absolute atomic E-state index is 0.161. The van der Waals surface area contributed by atoms with Gasteiger partial charge in [0.15, 0.2) is 11.6 Å². The Morgan fingerprint density at radius 3 is 2.38 bits per heavy atom. The molecule has 0 aliphatic carbocycles. The Bertz CT molecular complexity index is 967. The molecule has 2 aromatic heterocycles. The number of halogens is 4. The molecule has 0 unspecified atom stereocenters. The first-order valence-electron chi connectivity index (χ1n) is 7.54. The summed E-state index contributed by atoms with van der Waals surface area (Å²) >= 11 is 6.34. The zero-order valence-corrected chi connectivity index (χ0v) is 14.8. The number of alkyl halides is 3. The molecule has 3 aromatic rings. The van der Waals surface area contributed by atoms with Crippen molar-refractivity contribution in [2.75, 3.05) is 0 Å². The summed E-state index contributed by atoms with van der Waals surface area (Å²) in [4.78, 5) is 0. The number of benzene rings is 1. The molecule has 0 saturated carbocycles. The molecule has 136 valence electrons. The van der Waals surface area contributed by atoms with Gasteiger partial charge in [0.1, 0.15) is 5.15 Å². The molecular formula is C16H14ClF3N6. The average molecular weight is 383 g/mol. The van der Waals surface area contributed by atoms with E-state index >= 15 is 0 Å². The number of rotatable bonds is 3. The highest BCUT2D eigenvalue weighted by Crippen LogP contribution is 2.31. The van der Waals surface area contributed by atoms with Crippen LogP contribution >= 0.6 is 11.6 Å². The number of aromatic nitrogens is 5. The van der Waals surface area contributed by atoms with E-state index in [1.807, 2.05) is 0 Å². The van der Waals surface area contributed by atoms with Crippen molar-refractivity contribution in [2.45, 2.75) is 26.9 Å². The maximum Gasteiger partial charge on any atom is 0.416 e. The van der Waals surface area contributed by atoms with E-state index in [2.05, 4.69) is 20.4 Å². The molecule has 0 saturated heterocycles. The monoisotopic (exact) mass is 382 g/mol. The fourth-order valence-corrected chi connectivity index (χ4v) is 2.71. The first-order chi connectivity index (χ1) is 12.2. The van der Waals surface area contributed by atoms with Crippen molar-refractivity contribution in [2.24, 2.45) is 5.10 Å². The molecule has 6 nitrogen and oxygen atoms in total. The predicted octanol–water partition coefficient (Wildman–Crippen LogP) is 3.94. The molecule has 0 bridgehead atoms. The zero-order valence-electron chi connectivity index (χ0n) is 14.1. The van der Waals surface area contributed by atoms with Gasteiger partial charge in [0.2, 0.25) is 0 Å². The van der Waals surface area contributed by atoms with Gasteiger partial charge in [0.25, 0.3) is 0 Å². The van der Waals surface area contributed by atoms with E-state index in [0.717, 1.165) is 12.1 Å². The molecule has 0 atom stereocenters. The van der Waals surface area contributed by atoms with Crippen LogP contribution in [-0.2, 0) is 6.18 Å². The van der Waals surface area contributed by atoms with E-state index in [9.17, 15) is 13.2 Å². The third-order valence-electron chi connectivity index (χ3n) is 3.72. The Kier molecular flexibility index (Phi) is 4.57. The highest BCUT2D eigenvalue weighted by Gasteiger charge is 2.30. The molecule has 0 amide bonds. The van der Waals surface area contributed by atoms with Gasteiger partial charge in [0, 0.05) is 0 Å². The minimum Gasteiger partial charge on any atom is -0.221 e. The smallest absolute Gasteiger partial charge is 0.221 e. The van der Waals surface area contributed by atoms with Crippen molar-refractivity contribution in [3.63, 3.8) is 0 Å². The first-order valence-corrected chi connectivity index (χ1v) is 7.92. The van der Waals surface area contributed by atoms with E-state index in [4.69, 9.17) is 11.6 Å². The van der Waals surface area contributed by atoms with Gasteiger partial charge in [0.05, 0.1) is 28.7 Å². The fourth-order valence-electron chi connectivity index (χ4n) is 2.39. The molecular weight excluding hydrogens is 369 g/mol. The maximum absolute atomic E-state index is 12.9. The van der Waals surface area contributed by atoms with E-state index in [1.54, 1.807) is 20.8 Å². The topological polar surface area (TPSA) is 60.9 Å². The van der Waals surface area contributed by atoms with E-state index in [0.29, 0.717) is 22.9 Å². The van der Waals surface area contributed by atoms with Crippen LogP contribution in [-0.4, -0.2) is 30.9 Å². The summed E-state index contributed by atoms with van der Waals surface area (Å²) in [6, 6.07) is 4.80. The van der Waals surface area contributed by atoms with Gasteiger partial charge in [-0.15, -0.1) is 10.2 Å². The lowest BCUT2D eigenvalue weighted by Crippen LogP contribution is -2.06. The predicted molar refractivity (Wildman–Crippen MR) is 90.8 cm³/mol. The summed E-state index contributed by atoms with van der Waals surface area (Å²) in [7, 11) is 0. The molecule has 1 aromatic carbocycles. The SMILES string of the molecule is Cc1nn(-c2cccc(C(F)(F)F)c2)c(Cl)c1/C=N\n1c(C)nnc1C. The summed E-state index contributed by atoms with van der Waals surface area (Å²) in [5.41, 5.74) is 0.463. The van der Waals surface area contributed by atoms with Crippen molar-refractivity contribution >= 4 is 17.8 Å². The Morgan fingerprint density at radius 1 is 1.12 bits per heavy atom. The van der Waals surface area contributed by atoms with Gasteiger partial charge in [-0.2, -0.15) is 23.4 Å². The van der Waals surface area contributed by atoms with Crippen molar-refractivity contribution in [1.82, 2.24) is 24.7 Å². The number of hydrogen-bond acceptors (Lipinski definition) is 4. The van der Waals surface area contributed by atoms with Crippen LogP contribution in [0.1, 0.15) is 28.5 Å². The first kappa shape index (κ1) is 18.1. The highest BCUT2D eigenvalue weighted by atomic mass is 35.5.